The van der Waals surface area contributed by atoms with Gasteiger partial charge in [0, 0.05) is 23.0 Å². The molecular weight excluding hydrogens is 407 g/mol. The largest absolute Gasteiger partial charge is 0.465 e. The Morgan fingerprint density at radius 3 is 2.54 bits per heavy atom. The molecule has 0 fully saturated rings. The standard InChI is InChI=1S/C20H17BrF3NO/c21-15-8-5-14(6-9-15)18-25-12-11-19(26-18)16-4-2-1-3-13(16)7-10-17(19)20(22,23)24/h1-6,8-9,17H,7,10-12H2. The Labute approximate surface area is 158 Å². The van der Waals surface area contributed by atoms with Gasteiger partial charge in [-0.15, -0.1) is 0 Å². The molecule has 0 radical (unpaired) electrons. The van der Waals surface area contributed by atoms with Crippen molar-refractivity contribution in [2.24, 2.45) is 10.9 Å². The van der Waals surface area contributed by atoms with Crippen LogP contribution >= 0.6 is 15.9 Å². The Morgan fingerprint density at radius 2 is 1.81 bits per heavy atom. The SMILES string of the molecule is FC(F)(F)C1CCc2ccccc2C12CCN=C(c1ccc(Br)cc1)O2. The van der Waals surface area contributed by atoms with Crippen LogP contribution in [0.1, 0.15) is 29.5 Å². The van der Waals surface area contributed by atoms with Crippen molar-refractivity contribution in [2.75, 3.05) is 6.54 Å². The molecule has 1 aliphatic carbocycles. The lowest BCUT2D eigenvalue weighted by Crippen LogP contribution is -2.51. The third-order valence-corrected chi connectivity index (χ3v) is 5.77. The van der Waals surface area contributed by atoms with Crippen LogP contribution in [-0.4, -0.2) is 18.6 Å². The summed E-state index contributed by atoms with van der Waals surface area (Å²) in [4.78, 5) is 4.38. The average molecular weight is 424 g/mol. The summed E-state index contributed by atoms with van der Waals surface area (Å²) in [6.45, 7) is 0.312. The lowest BCUT2D eigenvalue weighted by molar-refractivity contribution is -0.234. The molecule has 2 atom stereocenters. The van der Waals surface area contributed by atoms with Crippen LogP contribution in [0, 0.1) is 5.92 Å². The Kier molecular flexibility index (Phi) is 4.34. The maximum Gasteiger partial charge on any atom is 0.395 e. The first-order valence-corrected chi connectivity index (χ1v) is 9.34. The summed E-state index contributed by atoms with van der Waals surface area (Å²) in [5.74, 6) is -1.25. The molecule has 2 unspecified atom stereocenters. The summed E-state index contributed by atoms with van der Waals surface area (Å²) in [6.07, 6.45) is -3.64. The number of rotatable bonds is 1. The predicted molar refractivity (Wildman–Crippen MR) is 97.2 cm³/mol. The molecule has 0 N–H and O–H groups in total. The van der Waals surface area contributed by atoms with E-state index in [9.17, 15) is 13.2 Å². The van der Waals surface area contributed by atoms with Gasteiger partial charge >= 0.3 is 6.18 Å². The van der Waals surface area contributed by atoms with E-state index in [1.807, 2.05) is 24.3 Å². The highest BCUT2D eigenvalue weighted by Gasteiger charge is 2.59. The lowest BCUT2D eigenvalue weighted by atomic mass is 9.69. The zero-order valence-electron chi connectivity index (χ0n) is 13.9. The monoisotopic (exact) mass is 423 g/mol. The molecule has 0 bridgehead atoms. The minimum atomic E-state index is -4.32. The molecule has 26 heavy (non-hydrogen) atoms. The van der Waals surface area contributed by atoms with E-state index in [4.69, 9.17) is 4.74 Å². The molecule has 2 aromatic carbocycles. The predicted octanol–water partition coefficient (Wildman–Crippen LogP) is 5.64. The van der Waals surface area contributed by atoms with Crippen LogP contribution in [0.2, 0.25) is 0 Å². The number of nitrogens with zero attached hydrogens (tertiary/aromatic N) is 1. The second-order valence-electron chi connectivity index (χ2n) is 6.73. The normalized spacial score (nSPS) is 25.4. The smallest absolute Gasteiger partial charge is 0.395 e. The van der Waals surface area contributed by atoms with E-state index in [-0.39, 0.29) is 18.7 Å². The van der Waals surface area contributed by atoms with Crippen molar-refractivity contribution in [1.29, 1.82) is 0 Å². The fraction of sp³-hybridized carbons (Fsp3) is 0.350. The first-order valence-electron chi connectivity index (χ1n) is 8.55. The second-order valence-corrected chi connectivity index (χ2v) is 7.64. The molecule has 0 amide bonds. The molecule has 1 spiro atoms. The molecule has 2 aromatic rings. The average Bonchev–Trinajstić information content (AvgIpc) is 2.62. The number of fused-ring (bicyclic) bond motifs is 2. The summed E-state index contributed by atoms with van der Waals surface area (Å²) in [5, 5.41) is 0. The van der Waals surface area contributed by atoms with E-state index in [0.29, 0.717) is 24.1 Å². The van der Waals surface area contributed by atoms with Gasteiger partial charge in [-0.25, -0.2) is 0 Å². The summed E-state index contributed by atoms with van der Waals surface area (Å²) in [6, 6.07) is 14.6. The topological polar surface area (TPSA) is 21.6 Å². The zero-order valence-corrected chi connectivity index (χ0v) is 15.5. The van der Waals surface area contributed by atoms with Crippen molar-refractivity contribution >= 4 is 21.8 Å². The number of benzene rings is 2. The molecule has 136 valence electrons. The number of hydrogen-bond acceptors (Lipinski definition) is 2. The van der Waals surface area contributed by atoms with E-state index in [1.54, 1.807) is 24.3 Å². The third-order valence-electron chi connectivity index (χ3n) is 5.24. The van der Waals surface area contributed by atoms with Crippen molar-refractivity contribution < 1.29 is 17.9 Å². The number of aliphatic imine (C=N–C) groups is 1. The summed E-state index contributed by atoms with van der Waals surface area (Å²) in [7, 11) is 0. The first kappa shape index (κ1) is 17.6. The van der Waals surface area contributed by atoms with E-state index in [0.717, 1.165) is 10.0 Å². The van der Waals surface area contributed by atoms with Gasteiger partial charge in [0.2, 0.25) is 5.90 Å². The van der Waals surface area contributed by atoms with Crippen LogP contribution in [0.15, 0.2) is 58.0 Å². The van der Waals surface area contributed by atoms with Gasteiger partial charge < -0.3 is 4.74 Å². The summed E-state index contributed by atoms with van der Waals surface area (Å²) in [5.41, 5.74) is 0.872. The second kappa shape index (κ2) is 6.41. The minimum Gasteiger partial charge on any atom is -0.465 e. The summed E-state index contributed by atoms with van der Waals surface area (Å²) >= 11 is 3.37. The van der Waals surface area contributed by atoms with Gasteiger partial charge in [-0.1, -0.05) is 40.2 Å². The Balaban J connectivity index is 1.81. The van der Waals surface area contributed by atoms with E-state index in [2.05, 4.69) is 20.9 Å². The maximum atomic E-state index is 13.9. The number of alkyl halides is 3. The quantitative estimate of drug-likeness (QED) is 0.581. The number of hydrogen-bond donors (Lipinski definition) is 0. The van der Waals surface area contributed by atoms with Crippen LogP contribution in [0.5, 0.6) is 0 Å². The highest BCUT2D eigenvalue weighted by Crippen LogP contribution is 2.53. The first-order chi connectivity index (χ1) is 12.4. The number of aryl methyl sites for hydroxylation is 1. The molecule has 0 saturated heterocycles. The van der Waals surface area contributed by atoms with Crippen molar-refractivity contribution in [3.63, 3.8) is 0 Å². The van der Waals surface area contributed by atoms with Gasteiger partial charge in [-0.05, 0) is 48.2 Å². The van der Waals surface area contributed by atoms with Crippen molar-refractivity contribution in [3.8, 4) is 0 Å². The Hall–Kier alpha value is -1.82. The summed E-state index contributed by atoms with van der Waals surface area (Å²) < 4.78 is 48.8. The maximum absolute atomic E-state index is 13.9. The fourth-order valence-electron chi connectivity index (χ4n) is 4.06. The van der Waals surface area contributed by atoms with Crippen LogP contribution in [0.25, 0.3) is 0 Å². The molecule has 2 aliphatic rings. The van der Waals surface area contributed by atoms with Gasteiger partial charge in [0.05, 0.1) is 5.92 Å². The molecule has 6 heteroatoms. The van der Waals surface area contributed by atoms with Gasteiger partial charge in [0.15, 0.2) is 0 Å². The molecule has 1 heterocycles. The van der Waals surface area contributed by atoms with Crippen LogP contribution in [-0.2, 0) is 16.8 Å². The van der Waals surface area contributed by atoms with E-state index in [1.165, 1.54) is 0 Å². The Morgan fingerprint density at radius 1 is 1.08 bits per heavy atom. The van der Waals surface area contributed by atoms with Crippen LogP contribution in [0.3, 0.4) is 0 Å². The number of halogens is 4. The molecule has 0 aromatic heterocycles. The molecule has 4 rings (SSSR count). The van der Waals surface area contributed by atoms with Crippen molar-refractivity contribution in [1.82, 2.24) is 0 Å². The molecule has 0 saturated carbocycles. The van der Waals surface area contributed by atoms with Gasteiger partial charge in [0.25, 0.3) is 0 Å². The van der Waals surface area contributed by atoms with Gasteiger partial charge in [-0.3, -0.25) is 4.99 Å². The number of ether oxygens (including phenoxy) is 1. The van der Waals surface area contributed by atoms with Crippen molar-refractivity contribution in [3.05, 3.63) is 69.7 Å². The molecule has 1 aliphatic heterocycles. The Bertz CT molecular complexity index is 847. The van der Waals surface area contributed by atoms with Crippen LogP contribution in [0.4, 0.5) is 13.2 Å². The lowest BCUT2D eigenvalue weighted by Gasteiger charge is -2.47. The van der Waals surface area contributed by atoms with Gasteiger partial charge in [-0.2, -0.15) is 13.2 Å². The zero-order chi connectivity index (χ0) is 18.4. The van der Waals surface area contributed by atoms with Crippen molar-refractivity contribution in [2.45, 2.75) is 31.0 Å². The highest BCUT2D eigenvalue weighted by molar-refractivity contribution is 9.10. The van der Waals surface area contributed by atoms with Gasteiger partial charge in [0.1, 0.15) is 5.60 Å². The van der Waals surface area contributed by atoms with Crippen LogP contribution < -0.4 is 0 Å². The highest BCUT2D eigenvalue weighted by atomic mass is 79.9. The fourth-order valence-corrected chi connectivity index (χ4v) is 4.32. The van der Waals surface area contributed by atoms with E-state index >= 15 is 0 Å². The third kappa shape index (κ3) is 2.94. The molecular formula is C20H17BrF3NO. The molecule has 2 nitrogen and oxygen atoms in total. The van der Waals surface area contributed by atoms with E-state index < -0.39 is 17.7 Å². The minimum absolute atomic E-state index is 0.0358.